The van der Waals surface area contributed by atoms with Gasteiger partial charge < -0.3 is 10.5 Å². The topological polar surface area (TPSA) is 146 Å². The second-order valence-electron chi connectivity index (χ2n) is 6.56. The first-order valence-electron chi connectivity index (χ1n) is 9.33. The van der Waals surface area contributed by atoms with Gasteiger partial charge in [-0.25, -0.2) is 10.1 Å². The van der Waals surface area contributed by atoms with Crippen LogP contribution in [0.25, 0.3) is 5.82 Å². The number of aryl methyl sites for hydroxylation is 1. The van der Waals surface area contributed by atoms with E-state index in [1.165, 1.54) is 6.21 Å². The number of carbonyl (C=O) groups is 1. The van der Waals surface area contributed by atoms with E-state index in [-0.39, 0.29) is 17.3 Å². The van der Waals surface area contributed by atoms with Gasteiger partial charge in [0.25, 0.3) is 5.91 Å². The number of nitrogens with zero attached hydrogens (tertiary/aromatic N) is 6. The standard InChI is InChI=1S/C20H17BrN8O3/c1-12-17(29(28-24-12)19-18(22)26-32-27-19)20(30)25-23-10-14-4-2-3-5-16(14)31-11-13-6-8-15(21)9-7-13/h2-10H,11H2,1H3,(H2,22,26)(H,25,30)/b23-10-. The highest BCUT2D eigenvalue weighted by atomic mass is 79.9. The molecule has 4 aromatic rings. The number of halogens is 1. The average Bonchev–Trinajstić information content (AvgIpc) is 3.39. The summed E-state index contributed by atoms with van der Waals surface area (Å²) in [6.07, 6.45) is 1.49. The van der Waals surface area contributed by atoms with Crippen molar-refractivity contribution in [2.45, 2.75) is 13.5 Å². The first-order valence-corrected chi connectivity index (χ1v) is 10.1. The summed E-state index contributed by atoms with van der Waals surface area (Å²) in [7, 11) is 0. The van der Waals surface area contributed by atoms with Crippen molar-refractivity contribution in [3.63, 3.8) is 0 Å². The van der Waals surface area contributed by atoms with E-state index in [0.717, 1.165) is 14.7 Å². The molecular formula is C20H17BrN8O3. The van der Waals surface area contributed by atoms with Gasteiger partial charge in [-0.05, 0) is 47.1 Å². The van der Waals surface area contributed by atoms with Gasteiger partial charge >= 0.3 is 0 Å². The maximum atomic E-state index is 12.7. The number of nitrogen functional groups attached to an aromatic ring is 1. The Labute approximate surface area is 190 Å². The van der Waals surface area contributed by atoms with Crippen LogP contribution in [0.5, 0.6) is 5.75 Å². The molecule has 0 atom stereocenters. The predicted molar refractivity (Wildman–Crippen MR) is 118 cm³/mol. The maximum absolute atomic E-state index is 12.7. The van der Waals surface area contributed by atoms with Crippen LogP contribution in [-0.4, -0.2) is 37.4 Å². The highest BCUT2D eigenvalue weighted by Crippen LogP contribution is 2.19. The number of hydrazone groups is 1. The molecule has 0 unspecified atom stereocenters. The number of anilines is 1. The third-order valence-electron chi connectivity index (χ3n) is 4.35. The molecule has 11 nitrogen and oxygen atoms in total. The van der Waals surface area contributed by atoms with Crippen molar-refractivity contribution in [1.82, 2.24) is 30.7 Å². The van der Waals surface area contributed by atoms with Gasteiger partial charge in [-0.2, -0.15) is 9.78 Å². The Kier molecular flexibility index (Phi) is 6.22. The van der Waals surface area contributed by atoms with Crippen LogP contribution in [0.2, 0.25) is 0 Å². The molecule has 2 aromatic carbocycles. The summed E-state index contributed by atoms with van der Waals surface area (Å²) in [4.78, 5) is 12.7. The van der Waals surface area contributed by atoms with Gasteiger partial charge in [0.05, 0.1) is 11.9 Å². The van der Waals surface area contributed by atoms with Crippen LogP contribution < -0.4 is 15.9 Å². The Balaban J connectivity index is 1.46. The molecule has 0 aliphatic carbocycles. The van der Waals surface area contributed by atoms with Crippen molar-refractivity contribution in [3.05, 3.63) is 75.5 Å². The molecular weight excluding hydrogens is 480 g/mol. The molecule has 2 aromatic heterocycles. The van der Waals surface area contributed by atoms with E-state index in [1.807, 2.05) is 48.5 Å². The van der Waals surface area contributed by atoms with Gasteiger partial charge in [0.15, 0.2) is 5.69 Å². The number of rotatable bonds is 7. The van der Waals surface area contributed by atoms with Crippen LogP contribution in [0.1, 0.15) is 27.3 Å². The molecule has 0 spiro atoms. The summed E-state index contributed by atoms with van der Waals surface area (Å²) in [6, 6.07) is 15.2. The number of para-hydroxylation sites is 1. The molecule has 0 saturated carbocycles. The number of nitrogens with one attached hydrogen (secondary N) is 1. The zero-order chi connectivity index (χ0) is 22.5. The summed E-state index contributed by atoms with van der Waals surface area (Å²) >= 11 is 3.41. The maximum Gasteiger partial charge on any atom is 0.292 e. The third kappa shape index (κ3) is 4.64. The minimum atomic E-state index is -0.556. The van der Waals surface area contributed by atoms with Crippen LogP contribution in [0.3, 0.4) is 0 Å². The molecule has 2 heterocycles. The lowest BCUT2D eigenvalue weighted by atomic mass is 10.2. The molecule has 0 radical (unpaired) electrons. The van der Waals surface area contributed by atoms with E-state index in [2.05, 4.69) is 51.7 Å². The number of nitrogens with two attached hydrogens (primary N) is 1. The van der Waals surface area contributed by atoms with Crippen LogP contribution >= 0.6 is 15.9 Å². The minimum Gasteiger partial charge on any atom is -0.488 e. The van der Waals surface area contributed by atoms with E-state index in [0.29, 0.717) is 23.6 Å². The van der Waals surface area contributed by atoms with Crippen LogP contribution in [0, 0.1) is 6.92 Å². The van der Waals surface area contributed by atoms with Crippen molar-refractivity contribution in [2.24, 2.45) is 5.10 Å². The summed E-state index contributed by atoms with van der Waals surface area (Å²) in [5.41, 5.74) is 10.3. The first-order chi connectivity index (χ1) is 15.5. The highest BCUT2D eigenvalue weighted by molar-refractivity contribution is 9.10. The van der Waals surface area contributed by atoms with Gasteiger partial charge in [0.2, 0.25) is 11.6 Å². The van der Waals surface area contributed by atoms with E-state index in [4.69, 9.17) is 10.5 Å². The highest BCUT2D eigenvalue weighted by Gasteiger charge is 2.22. The van der Waals surface area contributed by atoms with E-state index in [9.17, 15) is 4.79 Å². The summed E-state index contributed by atoms with van der Waals surface area (Å²) in [5, 5.41) is 18.9. The first kappa shape index (κ1) is 21.2. The number of aromatic nitrogens is 5. The molecule has 32 heavy (non-hydrogen) atoms. The molecule has 0 bridgehead atoms. The Morgan fingerprint density at radius 3 is 2.78 bits per heavy atom. The summed E-state index contributed by atoms with van der Waals surface area (Å²) < 4.78 is 12.6. The van der Waals surface area contributed by atoms with Crippen LogP contribution in [0.15, 0.2) is 62.7 Å². The lowest BCUT2D eigenvalue weighted by Gasteiger charge is -2.09. The average molecular weight is 497 g/mol. The summed E-state index contributed by atoms with van der Waals surface area (Å²) in [6.45, 7) is 2.01. The lowest BCUT2D eigenvalue weighted by molar-refractivity contribution is 0.0946. The van der Waals surface area contributed by atoms with Crippen LogP contribution in [-0.2, 0) is 6.61 Å². The van der Waals surface area contributed by atoms with Gasteiger partial charge in [0, 0.05) is 10.0 Å². The predicted octanol–water partition coefficient (Wildman–Crippen LogP) is 2.65. The van der Waals surface area contributed by atoms with Crippen molar-refractivity contribution in [1.29, 1.82) is 0 Å². The molecule has 0 aliphatic heterocycles. The second kappa shape index (κ2) is 9.39. The molecule has 0 fully saturated rings. The number of benzene rings is 2. The Morgan fingerprint density at radius 2 is 2.03 bits per heavy atom. The molecule has 3 N–H and O–H groups in total. The number of ether oxygens (including phenoxy) is 1. The van der Waals surface area contributed by atoms with Gasteiger partial charge in [-0.15, -0.1) is 5.10 Å². The molecule has 162 valence electrons. The zero-order valence-corrected chi connectivity index (χ0v) is 18.4. The fourth-order valence-corrected chi connectivity index (χ4v) is 3.04. The van der Waals surface area contributed by atoms with Crippen molar-refractivity contribution in [3.8, 4) is 11.6 Å². The monoisotopic (exact) mass is 496 g/mol. The number of amides is 1. The SMILES string of the molecule is Cc1nnn(-c2nonc2N)c1C(=O)N/N=C\c1ccccc1OCc1ccc(Br)cc1. The van der Waals surface area contributed by atoms with Gasteiger partial charge in [-0.1, -0.05) is 45.4 Å². The number of hydrogen-bond acceptors (Lipinski definition) is 9. The number of carbonyl (C=O) groups excluding carboxylic acids is 1. The molecule has 1 amide bonds. The normalized spacial score (nSPS) is 11.1. The Bertz CT molecular complexity index is 1270. The van der Waals surface area contributed by atoms with Gasteiger partial charge in [0.1, 0.15) is 12.4 Å². The van der Waals surface area contributed by atoms with Crippen LogP contribution in [0.4, 0.5) is 5.82 Å². The number of hydrogen-bond donors (Lipinski definition) is 2. The molecule has 0 saturated heterocycles. The van der Waals surface area contributed by atoms with Crippen molar-refractivity contribution in [2.75, 3.05) is 5.73 Å². The third-order valence-corrected chi connectivity index (χ3v) is 4.87. The lowest BCUT2D eigenvalue weighted by Crippen LogP contribution is -2.22. The molecule has 0 aliphatic rings. The minimum absolute atomic E-state index is 0.0238. The van der Waals surface area contributed by atoms with Crippen molar-refractivity contribution < 1.29 is 14.2 Å². The van der Waals surface area contributed by atoms with Crippen molar-refractivity contribution >= 4 is 33.9 Å². The van der Waals surface area contributed by atoms with Gasteiger partial charge in [-0.3, -0.25) is 4.79 Å². The molecule has 4 rings (SSSR count). The van der Waals surface area contributed by atoms with E-state index < -0.39 is 5.91 Å². The Morgan fingerprint density at radius 1 is 1.25 bits per heavy atom. The summed E-state index contributed by atoms with van der Waals surface area (Å²) in [5.74, 6) is 0.105. The fourth-order valence-electron chi connectivity index (χ4n) is 2.78. The smallest absolute Gasteiger partial charge is 0.292 e. The molecule has 12 heteroatoms. The largest absolute Gasteiger partial charge is 0.488 e. The van der Waals surface area contributed by atoms with E-state index in [1.54, 1.807) is 6.92 Å². The van der Waals surface area contributed by atoms with E-state index >= 15 is 0 Å². The zero-order valence-electron chi connectivity index (χ0n) is 16.8. The fraction of sp³-hybridized carbons (Fsp3) is 0.100. The second-order valence-corrected chi connectivity index (χ2v) is 7.48. The Hall–Kier alpha value is -4.06. The quantitative estimate of drug-likeness (QED) is 0.293.